The highest BCUT2D eigenvalue weighted by Crippen LogP contribution is 2.42. The number of benzene rings is 5. The molecule has 6 rings (SSSR count). The van der Waals surface area contributed by atoms with E-state index < -0.39 is 12.4 Å². The van der Waals surface area contributed by atoms with Gasteiger partial charge < -0.3 is 24.6 Å². The number of nitrogens with zero attached hydrogens (tertiary/aromatic N) is 1. The molecule has 5 aromatic rings. The molecule has 7 heteroatoms. The summed E-state index contributed by atoms with van der Waals surface area (Å²) in [4.78, 5) is 14.4. The van der Waals surface area contributed by atoms with Crippen molar-refractivity contribution in [3.05, 3.63) is 179 Å². The number of rotatable bonds is 14. The molecular weight excluding hydrogens is 636 g/mol. The second-order valence-corrected chi connectivity index (χ2v) is 13.0. The Hall–Kier alpha value is -5.05. The van der Waals surface area contributed by atoms with Crippen LogP contribution in [0.1, 0.15) is 52.7 Å². The largest absolute Gasteiger partial charge is 0.445 e. The van der Waals surface area contributed by atoms with Crippen molar-refractivity contribution in [3.8, 4) is 11.1 Å². The molecule has 0 aromatic heterocycles. The lowest BCUT2D eigenvalue weighted by Crippen LogP contribution is -2.44. The van der Waals surface area contributed by atoms with E-state index in [0.717, 1.165) is 53.0 Å². The van der Waals surface area contributed by atoms with Gasteiger partial charge in [0.1, 0.15) is 6.61 Å². The predicted octanol–water partition coefficient (Wildman–Crippen LogP) is 8.75. The van der Waals surface area contributed by atoms with Gasteiger partial charge in [0.15, 0.2) is 6.29 Å². The first-order valence-electron chi connectivity index (χ1n) is 17.5. The second kappa shape index (κ2) is 17.7. The van der Waals surface area contributed by atoms with Crippen LogP contribution in [0, 0.1) is 5.92 Å². The van der Waals surface area contributed by atoms with E-state index in [-0.39, 0.29) is 31.3 Å². The molecule has 7 nitrogen and oxygen atoms in total. The molecule has 0 radical (unpaired) electrons. The Morgan fingerprint density at radius 3 is 2.02 bits per heavy atom. The quantitative estimate of drug-likeness (QED) is 0.114. The second-order valence-electron chi connectivity index (χ2n) is 13.0. The third kappa shape index (κ3) is 9.81. The highest BCUT2D eigenvalue weighted by molar-refractivity contribution is 5.68. The van der Waals surface area contributed by atoms with Crippen LogP contribution in [0.3, 0.4) is 0 Å². The minimum absolute atomic E-state index is 0.00229. The van der Waals surface area contributed by atoms with Gasteiger partial charge in [-0.1, -0.05) is 147 Å². The Morgan fingerprint density at radius 1 is 0.765 bits per heavy atom. The van der Waals surface area contributed by atoms with Crippen molar-refractivity contribution in [2.75, 3.05) is 13.2 Å². The van der Waals surface area contributed by atoms with Gasteiger partial charge in [-0.3, -0.25) is 4.90 Å². The first-order valence-corrected chi connectivity index (χ1v) is 17.5. The van der Waals surface area contributed by atoms with Gasteiger partial charge in [0.25, 0.3) is 0 Å². The molecule has 0 spiro atoms. The first kappa shape index (κ1) is 35.8. The Kier molecular flexibility index (Phi) is 12.4. The zero-order valence-electron chi connectivity index (χ0n) is 29.1. The van der Waals surface area contributed by atoms with Crippen LogP contribution in [-0.2, 0) is 40.5 Å². The summed E-state index contributed by atoms with van der Waals surface area (Å²) >= 11 is 0. The monoisotopic (exact) mass is 682 g/mol. The van der Waals surface area contributed by atoms with Crippen LogP contribution in [0.25, 0.3) is 11.1 Å². The molecule has 1 aliphatic heterocycles. The molecule has 5 aromatic carbocycles. The van der Waals surface area contributed by atoms with Crippen molar-refractivity contribution in [2.24, 2.45) is 5.92 Å². The number of alkyl carbamates (subject to hydrolysis) is 1. The van der Waals surface area contributed by atoms with Crippen LogP contribution in [-0.4, -0.2) is 35.4 Å². The number of hydrogen-bond acceptors (Lipinski definition) is 6. The van der Waals surface area contributed by atoms with Crippen LogP contribution in [0.4, 0.5) is 4.79 Å². The summed E-state index contributed by atoms with van der Waals surface area (Å²) in [7, 11) is 0. The van der Waals surface area contributed by atoms with E-state index in [1.54, 1.807) is 0 Å². The van der Waals surface area contributed by atoms with Gasteiger partial charge in [-0.15, -0.1) is 0 Å². The maximum Gasteiger partial charge on any atom is 0.407 e. The van der Waals surface area contributed by atoms with Crippen LogP contribution in [0.5, 0.6) is 0 Å². The molecule has 1 saturated heterocycles. The smallest absolute Gasteiger partial charge is 0.407 e. The van der Waals surface area contributed by atoms with E-state index in [9.17, 15) is 9.90 Å². The molecule has 1 fully saturated rings. The van der Waals surface area contributed by atoms with E-state index >= 15 is 0 Å². The van der Waals surface area contributed by atoms with E-state index in [1.165, 1.54) is 17.2 Å². The van der Waals surface area contributed by atoms with Crippen LogP contribution in [0.2, 0.25) is 0 Å². The molecule has 0 bridgehead atoms. The summed E-state index contributed by atoms with van der Waals surface area (Å²) in [5, 5.41) is 12.5. The van der Waals surface area contributed by atoms with E-state index in [4.69, 9.17) is 14.2 Å². The molecule has 2 N–H and O–H groups in total. The van der Waals surface area contributed by atoms with Crippen LogP contribution >= 0.6 is 0 Å². The maximum absolute atomic E-state index is 11.9. The van der Waals surface area contributed by atoms with Crippen molar-refractivity contribution in [2.45, 2.75) is 51.7 Å². The topological polar surface area (TPSA) is 80.3 Å². The summed E-state index contributed by atoms with van der Waals surface area (Å²) in [6.45, 7) is 8.61. The lowest BCUT2D eigenvalue weighted by Gasteiger charge is -2.43. The standard InChI is InChI=1S/C44H46N2O5/c1-3-25-49-44(48)45-27-36-15-10-16-40(26-36)37-21-23-39(24-22-37)43-50-41(32(2)42(51-43)38-19-17-35(31-47)18-20-38)30-46(28-33-11-6-4-7-12-33)29-34-13-8-5-9-14-34/h3-24,26,32,41-43,47H,1,25,27-31H2,2H3,(H,45,48)/t32-,41+,42+,43+/m1/s1. The molecule has 4 atom stereocenters. The summed E-state index contributed by atoms with van der Waals surface area (Å²) in [6.07, 6.45) is 0.154. The number of aliphatic hydroxyl groups excluding tert-OH is 1. The van der Waals surface area contributed by atoms with Crippen molar-refractivity contribution >= 4 is 6.09 Å². The zero-order valence-corrected chi connectivity index (χ0v) is 29.1. The van der Waals surface area contributed by atoms with Crippen molar-refractivity contribution in [1.82, 2.24) is 10.2 Å². The molecule has 262 valence electrons. The minimum atomic E-state index is -0.574. The average Bonchev–Trinajstić information content (AvgIpc) is 3.18. The molecule has 0 unspecified atom stereocenters. The van der Waals surface area contributed by atoms with E-state index in [2.05, 4.69) is 133 Å². The highest BCUT2D eigenvalue weighted by Gasteiger charge is 2.39. The van der Waals surface area contributed by atoms with E-state index in [1.807, 2.05) is 24.3 Å². The molecule has 0 saturated carbocycles. The Morgan fingerprint density at radius 2 is 1.39 bits per heavy atom. The number of aliphatic hydroxyl groups is 1. The number of carbonyl (C=O) groups is 1. The van der Waals surface area contributed by atoms with Crippen LogP contribution < -0.4 is 5.32 Å². The number of nitrogens with one attached hydrogen (secondary N) is 1. The summed E-state index contributed by atoms with van der Waals surface area (Å²) in [5.74, 6) is 0.0555. The van der Waals surface area contributed by atoms with Crippen molar-refractivity contribution in [1.29, 1.82) is 0 Å². The summed E-state index contributed by atoms with van der Waals surface area (Å²) < 4.78 is 18.7. The Labute approximate surface area is 301 Å². The van der Waals surface area contributed by atoms with Gasteiger partial charge in [0, 0.05) is 37.7 Å². The minimum Gasteiger partial charge on any atom is -0.445 e. The van der Waals surface area contributed by atoms with E-state index in [0.29, 0.717) is 6.54 Å². The molecule has 1 aliphatic rings. The summed E-state index contributed by atoms with van der Waals surface area (Å²) in [6, 6.07) is 45.6. The fraction of sp³-hybridized carbons (Fsp3) is 0.250. The van der Waals surface area contributed by atoms with Gasteiger partial charge in [-0.2, -0.15) is 0 Å². The SMILES string of the molecule is C=CCOC(=O)NCc1cccc(-c2ccc([C@H]3O[C@@H](CN(Cc4ccccc4)Cc4ccccc4)[C@@H](C)[C@@H](c4ccc(CO)cc4)O3)cc2)c1. The normalized spacial score (nSPS) is 18.6. The third-order valence-corrected chi connectivity index (χ3v) is 9.27. The number of amides is 1. The van der Waals surface area contributed by atoms with Crippen LogP contribution in [0.15, 0.2) is 146 Å². The first-order chi connectivity index (χ1) is 25.0. The van der Waals surface area contributed by atoms with Gasteiger partial charge >= 0.3 is 6.09 Å². The third-order valence-electron chi connectivity index (χ3n) is 9.27. The zero-order chi connectivity index (χ0) is 35.4. The number of carbonyl (C=O) groups excluding carboxylic acids is 1. The number of hydrogen-bond donors (Lipinski definition) is 2. The maximum atomic E-state index is 11.9. The Balaban J connectivity index is 1.23. The van der Waals surface area contributed by atoms with Crippen molar-refractivity contribution < 1.29 is 24.1 Å². The van der Waals surface area contributed by atoms with Gasteiger partial charge in [-0.25, -0.2) is 4.79 Å². The van der Waals surface area contributed by atoms with Gasteiger partial charge in [0.05, 0.1) is 18.8 Å². The average molecular weight is 683 g/mol. The molecule has 1 heterocycles. The molecule has 1 amide bonds. The molecule has 51 heavy (non-hydrogen) atoms. The van der Waals surface area contributed by atoms with Gasteiger partial charge in [-0.05, 0) is 45.0 Å². The Bertz CT molecular complexity index is 1790. The lowest BCUT2D eigenvalue weighted by molar-refractivity contribution is -0.276. The van der Waals surface area contributed by atoms with Gasteiger partial charge in [0.2, 0.25) is 0 Å². The number of ether oxygens (including phenoxy) is 3. The predicted molar refractivity (Wildman–Crippen MR) is 200 cm³/mol. The molecular formula is C44H46N2O5. The molecule has 0 aliphatic carbocycles. The fourth-order valence-electron chi connectivity index (χ4n) is 6.50. The fourth-order valence-corrected chi connectivity index (χ4v) is 6.50. The summed E-state index contributed by atoms with van der Waals surface area (Å²) in [5.41, 5.74) is 8.42. The van der Waals surface area contributed by atoms with Crippen molar-refractivity contribution in [3.63, 3.8) is 0 Å². The lowest BCUT2D eigenvalue weighted by atomic mass is 9.89. The highest BCUT2D eigenvalue weighted by atomic mass is 16.7.